The highest BCUT2D eigenvalue weighted by Gasteiger charge is 2.36. The Kier molecular flexibility index (Phi) is 27.5. The van der Waals surface area contributed by atoms with Gasteiger partial charge in [0.1, 0.15) is 66.0 Å². The first-order valence-corrected chi connectivity index (χ1v) is 39.7. The lowest BCUT2D eigenvalue weighted by Crippen LogP contribution is -2.41. The minimum Gasteiger partial charge on any atom is -0.493 e. The number of anilines is 8. The molecule has 5 aliphatic rings. The molecule has 122 heavy (non-hydrogen) atoms. The number of aromatic nitrogens is 18. The molecule has 43 heteroatoms. The number of nitrogens with one attached hydrogen (secondary N) is 5. The molecule has 0 aliphatic carbocycles. The average molecular weight is 1720 g/mol. The van der Waals surface area contributed by atoms with Crippen LogP contribution in [0.1, 0.15) is 107 Å². The lowest BCUT2D eigenvalue weighted by atomic mass is 10.2. The van der Waals surface area contributed by atoms with Crippen molar-refractivity contribution in [1.82, 2.24) is 93.6 Å². The molecule has 2 unspecified atom stereocenters. The number of primary amides is 3. The summed E-state index contributed by atoms with van der Waals surface area (Å²) in [6, 6.07) is 10.0. The van der Waals surface area contributed by atoms with E-state index in [9.17, 15) is 14.4 Å². The Hall–Kier alpha value is -13.0. The van der Waals surface area contributed by atoms with Crippen molar-refractivity contribution < 1.29 is 66.5 Å². The van der Waals surface area contributed by atoms with E-state index in [0.717, 1.165) is 121 Å². The Balaban J connectivity index is 0.000000150. The summed E-state index contributed by atoms with van der Waals surface area (Å²) < 4.78 is 70.3. The van der Waals surface area contributed by atoms with Crippen LogP contribution in [0.5, 0.6) is 51.7 Å². The van der Waals surface area contributed by atoms with E-state index in [4.69, 9.17) is 101 Å². The number of carbonyl (C=O) groups excluding carboxylic acids is 3. The number of hydrogen-bond acceptors (Lipinski definition) is 32. The number of rotatable bonds is 25. The van der Waals surface area contributed by atoms with E-state index in [-0.39, 0.29) is 42.1 Å². The van der Waals surface area contributed by atoms with Crippen LogP contribution in [0.25, 0.3) is 50.2 Å². The minimum atomic E-state index is -0.474. The van der Waals surface area contributed by atoms with E-state index >= 15 is 0 Å². The predicted molar refractivity (Wildman–Crippen MR) is 455 cm³/mol. The number of amides is 3. The largest absolute Gasteiger partial charge is 0.493 e. The van der Waals surface area contributed by atoms with E-state index in [0.29, 0.717) is 155 Å². The van der Waals surface area contributed by atoms with Gasteiger partial charge in [-0.3, -0.25) is 19.5 Å². The summed E-state index contributed by atoms with van der Waals surface area (Å²) in [4.78, 5) is 79.8. The second-order valence-corrected chi connectivity index (χ2v) is 29.2. The van der Waals surface area contributed by atoms with Crippen LogP contribution < -0.4 is 90.9 Å². The molecule has 0 bridgehead atoms. The topological polar surface area (TPSA) is 481 Å². The number of ether oxygens (including phenoxy) is 11. The number of nitrogens with two attached hydrogens (primary N) is 3. The highest BCUT2D eigenvalue weighted by molar-refractivity contribution is 6.28. The van der Waals surface area contributed by atoms with Crippen molar-refractivity contribution in [2.24, 2.45) is 17.2 Å². The maximum Gasteiger partial charge on any atom is 0.240 e. The summed E-state index contributed by atoms with van der Waals surface area (Å²) >= 11 is 6.30. The van der Waals surface area contributed by atoms with Gasteiger partial charge in [-0.05, 0) is 116 Å². The third-order valence-corrected chi connectivity index (χ3v) is 21.4. The summed E-state index contributed by atoms with van der Waals surface area (Å²) in [5, 5.41) is 32.0. The Bertz CT molecular complexity index is 5640. The number of benzene rings is 3. The number of methoxy groups -OCH3 is 9. The van der Waals surface area contributed by atoms with Gasteiger partial charge in [0.15, 0.2) is 63.9 Å². The van der Waals surface area contributed by atoms with E-state index in [2.05, 4.69) is 66.5 Å². The molecule has 5 atom stereocenters. The Labute approximate surface area is 711 Å². The molecule has 5 saturated heterocycles. The van der Waals surface area contributed by atoms with Crippen LogP contribution in [0.2, 0.25) is 5.28 Å². The number of aromatic amines is 1. The van der Waals surface area contributed by atoms with Crippen molar-refractivity contribution in [3.63, 3.8) is 0 Å². The summed E-state index contributed by atoms with van der Waals surface area (Å²) in [5.74, 6) is 7.74. The molecule has 41 nitrogen and oxygen atoms in total. The fourth-order valence-corrected chi connectivity index (χ4v) is 15.5. The number of hydrogen-bond donors (Lipinski definition) is 8. The number of nitrogens with zero attached hydrogens (tertiary/aromatic N) is 19. The Morgan fingerprint density at radius 3 is 1.21 bits per heavy atom. The molecule has 3 aromatic carbocycles. The van der Waals surface area contributed by atoms with Gasteiger partial charge in [-0.25, -0.2) is 24.3 Å². The van der Waals surface area contributed by atoms with Crippen molar-refractivity contribution in [2.75, 3.05) is 123 Å². The summed E-state index contributed by atoms with van der Waals surface area (Å²) in [7, 11) is 14.1. The quantitative estimate of drug-likeness (QED) is 0.0247. The normalized spacial score (nSPS) is 17.4. The van der Waals surface area contributed by atoms with E-state index in [1.807, 2.05) is 104 Å². The number of aryl methyl sites for hydroxylation is 3. The molecule has 17 rings (SSSR count). The molecular weight excluding hydrogens is 1620 g/mol. The van der Waals surface area contributed by atoms with Gasteiger partial charge in [0, 0.05) is 68.4 Å². The van der Waals surface area contributed by atoms with Gasteiger partial charge in [0.05, 0.1) is 133 Å². The van der Waals surface area contributed by atoms with Crippen LogP contribution in [0, 0.1) is 20.8 Å². The maximum absolute atomic E-state index is 12.2. The van der Waals surface area contributed by atoms with Gasteiger partial charge in [0.2, 0.25) is 52.2 Å². The Morgan fingerprint density at radius 1 is 0.467 bits per heavy atom. The smallest absolute Gasteiger partial charge is 0.240 e. The van der Waals surface area contributed by atoms with Crippen molar-refractivity contribution in [3.05, 3.63) is 96.3 Å². The Morgan fingerprint density at radius 2 is 0.861 bits per heavy atom. The second kappa shape index (κ2) is 38.6. The minimum absolute atomic E-state index is 0. The van der Waals surface area contributed by atoms with Gasteiger partial charge >= 0.3 is 0 Å². The predicted octanol–water partition coefficient (Wildman–Crippen LogP) is 9.40. The molecule has 5 fully saturated rings. The van der Waals surface area contributed by atoms with Gasteiger partial charge < -0.3 is 114 Å². The molecule has 5 aliphatic heterocycles. The summed E-state index contributed by atoms with van der Waals surface area (Å²) in [6.45, 7) is 9.30. The molecule has 12 aromatic rings. The number of halogens is 2. The first-order valence-electron chi connectivity index (χ1n) is 39.3. The van der Waals surface area contributed by atoms with Crippen LogP contribution in [-0.4, -0.2) is 221 Å². The monoisotopic (exact) mass is 1720 g/mol. The van der Waals surface area contributed by atoms with Gasteiger partial charge in [-0.15, -0.1) is 12.4 Å². The molecule has 14 heterocycles. The van der Waals surface area contributed by atoms with Crippen molar-refractivity contribution in [3.8, 4) is 68.8 Å². The molecule has 11 N–H and O–H groups in total. The lowest BCUT2D eigenvalue weighted by molar-refractivity contribution is -0.120. The number of fused-ring (bicyclic) bond motifs is 3. The molecule has 0 saturated carbocycles. The van der Waals surface area contributed by atoms with Crippen LogP contribution in [0.15, 0.2) is 74.0 Å². The lowest BCUT2D eigenvalue weighted by Gasteiger charge is -2.25. The van der Waals surface area contributed by atoms with Gasteiger partial charge in [0.25, 0.3) is 0 Å². The first kappa shape index (κ1) is 86.8. The molecule has 9 aromatic heterocycles. The van der Waals surface area contributed by atoms with E-state index in [1.54, 1.807) is 87.7 Å². The standard InChI is InChI=1S/C28H35N9O5.C23H26ClN7O4.C23H27N9O4.C5H10N2O.ClH/c1-16-23-26(31-21-14-35(15-30-21)17-12-19(39-2)24(41-4)20(13-17)40-3)32-28(36-10-7-8-18(36)25(29)38)33-27(23)37(34-16)22-9-5-6-11-42-22;1-13-19-21(27-23(24)28-22(19)31(29-13)18-7-5-6-8-35-18)26-17-11-30(12-25-17)14-9-15(32-2)20(34-4)16(10-14)33-3;1-12-18-21(27-23(28-22(18)30-29-12)32-7-5-6-14(32)20(24)33)26-17-10-31(11-25-17)13-8-15(34-2)19(36-4)16(9-13)35-3;6-5(8)4-2-1-3-7-4;/h12-15,18,22H,5-11H2,1-4H3,(H2,29,38)(H,31,32,33);9-12,18H,5-8H2,1-4H3,(H,26,27,28);8-11,14H,5-7H2,1-4H3,(H2,24,33)(H2,26,27,28,29,30);4,7H,1-3H2,(H2,6,8);1H/t18-,22?;;14-;4-;/m0.00./s1. The molecule has 0 spiro atoms. The van der Waals surface area contributed by atoms with Gasteiger partial charge in [-0.2, -0.15) is 45.2 Å². The summed E-state index contributed by atoms with van der Waals surface area (Å²) in [5.41, 5.74) is 22.7. The highest BCUT2D eigenvalue weighted by atomic mass is 35.5. The zero-order valence-corrected chi connectivity index (χ0v) is 71.1. The van der Waals surface area contributed by atoms with Crippen molar-refractivity contribution in [1.29, 1.82) is 0 Å². The summed E-state index contributed by atoms with van der Waals surface area (Å²) in [6.07, 6.45) is 21.0. The molecular formula is C79H99Cl2N27O14. The molecule has 648 valence electrons. The number of H-pyrrole nitrogens is 1. The van der Waals surface area contributed by atoms with E-state index in [1.165, 1.54) is 0 Å². The average Bonchev–Trinajstić information content (AvgIpc) is 1.61. The highest BCUT2D eigenvalue weighted by Crippen LogP contribution is 2.44. The maximum atomic E-state index is 12.2. The van der Waals surface area contributed by atoms with Crippen molar-refractivity contribution in [2.45, 2.75) is 128 Å². The van der Waals surface area contributed by atoms with Crippen LogP contribution in [0.3, 0.4) is 0 Å². The molecule has 0 radical (unpaired) electrons. The van der Waals surface area contributed by atoms with Crippen LogP contribution in [0.4, 0.5) is 46.8 Å². The number of carbonyl (C=O) groups is 3. The first-order chi connectivity index (χ1) is 58.7. The van der Waals surface area contributed by atoms with Crippen LogP contribution >= 0.6 is 24.0 Å². The van der Waals surface area contributed by atoms with Crippen LogP contribution in [-0.2, 0) is 23.9 Å². The van der Waals surface area contributed by atoms with Crippen molar-refractivity contribution >= 4 is 122 Å². The van der Waals surface area contributed by atoms with Gasteiger partial charge in [-0.1, -0.05) is 0 Å². The third-order valence-electron chi connectivity index (χ3n) is 21.3. The zero-order valence-electron chi connectivity index (χ0n) is 69.6. The third kappa shape index (κ3) is 18.3. The number of imidazole rings is 3. The molecule has 3 amide bonds. The zero-order chi connectivity index (χ0) is 85.3. The second-order valence-electron chi connectivity index (χ2n) is 28.8. The van der Waals surface area contributed by atoms with E-state index < -0.39 is 23.9 Å². The fraction of sp³-hybridized carbons (Fsp3) is 0.430. The SMILES string of the molecule is COc1cc(-n2cnc(Nc3nc(Cl)nc4c3c(C)nn4C3CCCCO3)c2)cc(OC)c1OC.COc1cc(-n2cnc(Nc3nc(N4CCC[C@H]4C(N)=O)nc4c3c(C)nn4C3CCCCO3)c2)cc(OC)c1OC.COc1cc(-n2cnc(Nc3nc(N4CCC[C@H]4C(N)=O)nc4n[nH]c(C)c34)c2)cc(OC)c1OC.Cl.NC(=O)[C@@H]1CCCN1. The fourth-order valence-electron chi connectivity index (χ4n) is 15.3.